The van der Waals surface area contributed by atoms with Gasteiger partial charge in [0.2, 0.25) is 0 Å². The standard InChI is InChI=1S/C26H20N4O4.Mn/c1-34-26(33)19-9-3-2-8-18(19)17-12-13-20(29-24(31)21-10-4-6-14-27-21)23(16-17)30-25(32)22-11-5-7-15-28-22;/h2-16H,1H3,(H,29,31)(H,30,32);/q;+2/p-2. The average molecular weight is 505 g/mol. The molecule has 0 aliphatic carbocycles. The average Bonchev–Trinajstić information content (AvgIpc) is 2.90. The van der Waals surface area contributed by atoms with Crippen molar-refractivity contribution < 1.29 is 36.8 Å². The second kappa shape index (κ2) is 11.7. The molecule has 0 amide bonds. The normalized spacial score (nSPS) is 11.5. The van der Waals surface area contributed by atoms with E-state index < -0.39 is 17.8 Å². The number of methoxy groups -OCH3 is 1. The number of ether oxygens (including phenoxy) is 1. The minimum Gasteiger partial charge on any atom is -0.857 e. The summed E-state index contributed by atoms with van der Waals surface area (Å²) in [6.07, 6.45) is 2.98. The molecule has 0 unspecified atom stereocenters. The summed E-state index contributed by atoms with van der Waals surface area (Å²) in [4.78, 5) is 28.6. The Morgan fingerprint density at radius 2 is 1.34 bits per heavy atom. The van der Waals surface area contributed by atoms with Crippen LogP contribution in [0, 0.1) is 0 Å². The molecule has 0 aliphatic heterocycles. The van der Waals surface area contributed by atoms with Crippen molar-refractivity contribution in [2.45, 2.75) is 0 Å². The quantitative estimate of drug-likeness (QED) is 0.172. The number of hydrogen-bond donors (Lipinski definition) is 0. The van der Waals surface area contributed by atoms with E-state index in [-0.39, 0.29) is 39.8 Å². The molecule has 0 saturated carbocycles. The van der Waals surface area contributed by atoms with Crippen LogP contribution in [0.15, 0.2) is 101 Å². The van der Waals surface area contributed by atoms with Crippen LogP contribution in [-0.2, 0) is 21.8 Å². The smallest absolute Gasteiger partial charge is 0.857 e. The summed E-state index contributed by atoms with van der Waals surface area (Å²) in [7, 11) is 1.30. The first-order chi connectivity index (χ1) is 16.6. The van der Waals surface area contributed by atoms with E-state index >= 15 is 0 Å². The third kappa shape index (κ3) is 5.97. The minimum atomic E-state index is -0.597. The number of benzene rings is 2. The Bertz CT molecular complexity index is 1380. The molecule has 2 heterocycles. The first-order valence-corrected chi connectivity index (χ1v) is 10.2. The number of carbonyl (C=O) groups is 1. The van der Waals surface area contributed by atoms with E-state index in [9.17, 15) is 15.0 Å². The summed E-state index contributed by atoms with van der Waals surface area (Å²) < 4.78 is 4.88. The fourth-order valence-electron chi connectivity index (χ4n) is 3.21. The Labute approximate surface area is 212 Å². The zero-order valence-corrected chi connectivity index (χ0v) is 19.6. The third-order valence-corrected chi connectivity index (χ3v) is 4.83. The summed E-state index contributed by atoms with van der Waals surface area (Å²) >= 11 is 0. The monoisotopic (exact) mass is 505 g/mol. The topological polar surface area (TPSA) is 123 Å². The number of hydrogen-bond acceptors (Lipinski definition) is 8. The summed E-state index contributed by atoms with van der Waals surface area (Å²) in [5.41, 5.74) is 2.16. The Morgan fingerprint density at radius 1 is 0.771 bits per heavy atom. The van der Waals surface area contributed by atoms with Gasteiger partial charge in [-0.25, -0.2) is 4.79 Å². The summed E-state index contributed by atoms with van der Waals surface area (Å²) in [5, 5.41) is 25.4. The fraction of sp³-hybridized carbons (Fsp3) is 0.0385. The van der Waals surface area contributed by atoms with Crippen LogP contribution >= 0.6 is 0 Å². The van der Waals surface area contributed by atoms with Crippen molar-refractivity contribution in [2.24, 2.45) is 9.98 Å². The van der Waals surface area contributed by atoms with E-state index in [0.29, 0.717) is 16.7 Å². The predicted octanol–water partition coefficient (Wildman–Crippen LogP) is 2.80. The van der Waals surface area contributed by atoms with Gasteiger partial charge in [-0.1, -0.05) is 36.4 Å². The molecule has 0 atom stereocenters. The van der Waals surface area contributed by atoms with Crippen molar-refractivity contribution in [1.82, 2.24) is 9.97 Å². The van der Waals surface area contributed by atoms with Crippen LogP contribution in [0.4, 0.5) is 11.4 Å². The number of carbonyl (C=O) groups excluding carboxylic acids is 1. The molecule has 173 valence electrons. The van der Waals surface area contributed by atoms with E-state index in [2.05, 4.69) is 20.0 Å². The molecule has 0 fully saturated rings. The molecule has 35 heavy (non-hydrogen) atoms. The van der Waals surface area contributed by atoms with Gasteiger partial charge >= 0.3 is 23.0 Å². The van der Waals surface area contributed by atoms with Crippen LogP contribution in [0.3, 0.4) is 0 Å². The van der Waals surface area contributed by atoms with Crippen molar-refractivity contribution in [3.8, 4) is 11.1 Å². The predicted molar refractivity (Wildman–Crippen MR) is 124 cm³/mol. The van der Waals surface area contributed by atoms with Crippen molar-refractivity contribution in [3.63, 3.8) is 0 Å². The van der Waals surface area contributed by atoms with Gasteiger partial charge in [0.1, 0.15) is 0 Å². The second-order valence-corrected chi connectivity index (χ2v) is 7.00. The molecule has 9 heteroatoms. The van der Waals surface area contributed by atoms with Crippen LogP contribution in [0.25, 0.3) is 11.1 Å². The number of aliphatic imine (C=N–C) groups is 2. The van der Waals surface area contributed by atoms with Gasteiger partial charge in [0.15, 0.2) is 0 Å². The first kappa shape index (κ1) is 25.3. The Hall–Kier alpha value is -4.33. The van der Waals surface area contributed by atoms with Crippen LogP contribution in [0.2, 0.25) is 0 Å². The van der Waals surface area contributed by atoms with Gasteiger partial charge in [-0.05, 0) is 53.6 Å². The Balaban J connectivity index is 0.00000342. The van der Waals surface area contributed by atoms with Gasteiger partial charge in [0, 0.05) is 24.2 Å². The fourth-order valence-corrected chi connectivity index (χ4v) is 3.21. The Kier molecular flexibility index (Phi) is 8.45. The van der Waals surface area contributed by atoms with Gasteiger partial charge in [-0.3, -0.25) is 20.0 Å². The van der Waals surface area contributed by atoms with Crippen molar-refractivity contribution >= 4 is 29.1 Å². The minimum absolute atomic E-state index is 0. The van der Waals surface area contributed by atoms with Gasteiger partial charge < -0.3 is 14.9 Å². The van der Waals surface area contributed by atoms with Crippen LogP contribution in [-0.4, -0.2) is 34.8 Å². The first-order valence-electron chi connectivity index (χ1n) is 10.2. The van der Waals surface area contributed by atoms with E-state index in [1.807, 2.05) is 0 Å². The van der Waals surface area contributed by atoms with E-state index in [1.54, 1.807) is 72.8 Å². The molecule has 2 aromatic carbocycles. The zero-order chi connectivity index (χ0) is 23.9. The number of esters is 1. The number of nitrogens with zero attached hydrogens (tertiary/aromatic N) is 4. The molecule has 0 saturated heterocycles. The number of aromatic nitrogens is 2. The largest absolute Gasteiger partial charge is 2.00 e. The molecule has 1 radical (unpaired) electrons. The molecule has 0 aliphatic rings. The summed E-state index contributed by atoms with van der Waals surface area (Å²) in [5.74, 6) is -1.68. The van der Waals surface area contributed by atoms with Gasteiger partial charge in [0.25, 0.3) is 0 Å². The van der Waals surface area contributed by atoms with Gasteiger partial charge in [0.05, 0.1) is 35.4 Å². The molecule has 2 aromatic heterocycles. The molecule has 4 aromatic rings. The maximum Gasteiger partial charge on any atom is 2.00 e. The van der Waals surface area contributed by atoms with E-state index in [1.165, 1.54) is 25.6 Å². The van der Waals surface area contributed by atoms with Gasteiger partial charge in [-0.2, -0.15) is 0 Å². The second-order valence-electron chi connectivity index (χ2n) is 7.00. The summed E-state index contributed by atoms with van der Waals surface area (Å²) in [6, 6.07) is 21.6. The molecule has 0 N–H and O–H groups in total. The zero-order valence-electron chi connectivity index (χ0n) is 18.5. The Morgan fingerprint density at radius 3 is 1.91 bits per heavy atom. The van der Waals surface area contributed by atoms with Crippen molar-refractivity contribution in [1.29, 1.82) is 0 Å². The van der Waals surface area contributed by atoms with Crippen molar-refractivity contribution in [3.05, 3.63) is 108 Å². The maximum absolute atomic E-state index is 12.7. The van der Waals surface area contributed by atoms with E-state index in [0.717, 1.165) is 0 Å². The third-order valence-electron chi connectivity index (χ3n) is 4.83. The number of pyridine rings is 2. The van der Waals surface area contributed by atoms with Gasteiger partial charge in [-0.15, -0.1) is 0 Å². The maximum atomic E-state index is 12.7. The SMILES string of the molecule is COC(=O)c1ccccc1-c1ccc(N=C([O-])c2ccccn2)c(N=C([O-])c2ccccn2)c1.[Mn+2]. The molecule has 0 spiro atoms. The molecule has 8 nitrogen and oxygen atoms in total. The van der Waals surface area contributed by atoms with Crippen LogP contribution in [0.1, 0.15) is 21.7 Å². The van der Waals surface area contributed by atoms with Crippen LogP contribution in [0.5, 0.6) is 0 Å². The van der Waals surface area contributed by atoms with Crippen LogP contribution < -0.4 is 10.2 Å². The summed E-state index contributed by atoms with van der Waals surface area (Å²) in [6.45, 7) is 0. The van der Waals surface area contributed by atoms with Crippen molar-refractivity contribution in [2.75, 3.05) is 7.11 Å². The molecular weight excluding hydrogens is 487 g/mol. The molecule has 4 rings (SSSR count). The van der Waals surface area contributed by atoms with E-state index in [4.69, 9.17) is 4.74 Å². The molecule has 0 bridgehead atoms. The number of rotatable bonds is 6. The molecular formula is C26H18MnN4O4.